The van der Waals surface area contributed by atoms with E-state index in [9.17, 15) is 4.79 Å². The summed E-state index contributed by atoms with van der Waals surface area (Å²) in [5.41, 5.74) is 0.774. The molecule has 0 unspecified atom stereocenters. The van der Waals surface area contributed by atoms with Gasteiger partial charge in [0.15, 0.2) is 0 Å². The third-order valence-corrected chi connectivity index (χ3v) is 4.23. The number of aliphatic imine (C=N–C) groups is 1. The Labute approximate surface area is 97.9 Å². The number of nitrogens with zero attached hydrogens (tertiary/aromatic N) is 1. The van der Waals surface area contributed by atoms with Gasteiger partial charge in [0.2, 0.25) is 6.08 Å². The predicted octanol–water partition coefficient (Wildman–Crippen LogP) is 2.84. The summed E-state index contributed by atoms with van der Waals surface area (Å²) in [5, 5.41) is 0. The van der Waals surface area contributed by atoms with Gasteiger partial charge in [-0.05, 0) is 37.0 Å². The third kappa shape index (κ3) is 1.38. The largest absolute Gasteiger partial charge is 0.481 e. The van der Waals surface area contributed by atoms with Crippen LogP contribution < -0.4 is 4.74 Å². The average molecular weight is 233 g/mol. The van der Waals surface area contributed by atoms with Crippen LogP contribution in [0.5, 0.6) is 5.75 Å². The first-order valence-corrected chi connectivity index (χ1v) is 6.32. The number of fused-ring (bicyclic) bond motifs is 1. The summed E-state index contributed by atoms with van der Waals surface area (Å²) in [6.45, 7) is 0. The van der Waals surface area contributed by atoms with Gasteiger partial charge in [0.1, 0.15) is 11.7 Å². The lowest BCUT2D eigenvalue weighted by molar-refractivity contribution is 0.254. The fourth-order valence-electron chi connectivity index (χ4n) is 2.25. The lowest BCUT2D eigenvalue weighted by atomic mass is 9.72. The van der Waals surface area contributed by atoms with Crippen LogP contribution in [-0.4, -0.2) is 12.0 Å². The van der Waals surface area contributed by atoms with Gasteiger partial charge in [-0.25, -0.2) is 4.79 Å². The second-order valence-corrected chi connectivity index (χ2v) is 5.12. The quantitative estimate of drug-likeness (QED) is 0.582. The molecule has 0 atom stereocenters. The van der Waals surface area contributed by atoms with Crippen LogP contribution in [0, 0.1) is 0 Å². The topological polar surface area (TPSA) is 38.7 Å². The minimum Gasteiger partial charge on any atom is -0.481 e. The van der Waals surface area contributed by atoms with Crippen LogP contribution in [0.1, 0.15) is 24.8 Å². The van der Waals surface area contributed by atoms with E-state index in [1.54, 1.807) is 17.8 Å². The number of benzene rings is 1. The molecule has 1 heterocycles. The minimum absolute atomic E-state index is 0.312. The highest BCUT2D eigenvalue weighted by atomic mass is 32.2. The molecule has 1 aliphatic heterocycles. The van der Waals surface area contributed by atoms with Crippen molar-refractivity contribution in [2.45, 2.75) is 29.7 Å². The highest BCUT2D eigenvalue weighted by molar-refractivity contribution is 7.99. The van der Waals surface area contributed by atoms with Crippen LogP contribution in [0.3, 0.4) is 0 Å². The fourth-order valence-corrected chi connectivity index (χ4v) is 2.99. The molecule has 16 heavy (non-hydrogen) atoms. The van der Waals surface area contributed by atoms with E-state index >= 15 is 0 Å². The molecule has 1 aliphatic carbocycles. The van der Waals surface area contributed by atoms with Gasteiger partial charge >= 0.3 is 0 Å². The normalized spacial score (nSPS) is 20.2. The first-order valence-electron chi connectivity index (χ1n) is 5.33. The van der Waals surface area contributed by atoms with E-state index in [0.717, 1.165) is 30.6 Å². The molecule has 0 radical (unpaired) electrons. The molecule has 0 amide bonds. The van der Waals surface area contributed by atoms with E-state index in [4.69, 9.17) is 4.74 Å². The summed E-state index contributed by atoms with van der Waals surface area (Å²) < 4.78 is 5.50. The van der Waals surface area contributed by atoms with Crippen molar-refractivity contribution in [2.24, 2.45) is 4.99 Å². The van der Waals surface area contributed by atoms with E-state index in [0.29, 0.717) is 5.94 Å². The van der Waals surface area contributed by atoms with Gasteiger partial charge in [-0.15, -0.1) is 0 Å². The maximum atomic E-state index is 10.5. The standard InChI is InChI=1S/C12H11NO2S/c14-7-13-12(4-1-5-12)9-2-3-11-10(6-9)15-8-16-11/h2-3,6H,1,4-5,8H2. The van der Waals surface area contributed by atoms with E-state index < -0.39 is 0 Å². The molecule has 1 aromatic carbocycles. The van der Waals surface area contributed by atoms with E-state index in [2.05, 4.69) is 17.1 Å². The summed E-state index contributed by atoms with van der Waals surface area (Å²) in [6, 6.07) is 6.14. The number of isocyanates is 1. The SMILES string of the molecule is O=C=NC1(c2ccc3c(c2)OCS3)CCC1. The van der Waals surface area contributed by atoms with E-state index in [-0.39, 0.29) is 5.54 Å². The van der Waals surface area contributed by atoms with Crippen molar-refractivity contribution in [3.05, 3.63) is 23.8 Å². The van der Waals surface area contributed by atoms with Crippen LogP contribution in [0.25, 0.3) is 0 Å². The molecular weight excluding hydrogens is 222 g/mol. The number of hydrogen-bond acceptors (Lipinski definition) is 4. The zero-order valence-corrected chi connectivity index (χ0v) is 9.55. The molecule has 82 valence electrons. The Morgan fingerprint density at radius 3 is 3.00 bits per heavy atom. The molecule has 1 aromatic rings. The molecule has 0 spiro atoms. The van der Waals surface area contributed by atoms with Crippen LogP contribution in [0.4, 0.5) is 0 Å². The zero-order valence-electron chi connectivity index (χ0n) is 8.73. The smallest absolute Gasteiger partial charge is 0.235 e. The highest BCUT2D eigenvalue weighted by Gasteiger charge is 2.39. The summed E-state index contributed by atoms with van der Waals surface area (Å²) >= 11 is 1.70. The Bertz CT molecular complexity index is 476. The molecule has 1 saturated carbocycles. The number of thioether (sulfide) groups is 1. The van der Waals surface area contributed by atoms with Crippen molar-refractivity contribution in [2.75, 3.05) is 5.94 Å². The zero-order chi connectivity index (χ0) is 11.0. The molecule has 0 saturated heterocycles. The molecule has 2 aliphatic rings. The second-order valence-electron chi connectivity index (χ2n) is 4.16. The van der Waals surface area contributed by atoms with Gasteiger partial charge < -0.3 is 4.74 Å². The highest BCUT2D eigenvalue weighted by Crippen LogP contribution is 2.47. The molecule has 0 N–H and O–H groups in total. The van der Waals surface area contributed by atoms with Crippen LogP contribution >= 0.6 is 11.8 Å². The van der Waals surface area contributed by atoms with Gasteiger partial charge in [0.05, 0.1) is 10.4 Å². The Morgan fingerprint density at radius 1 is 1.44 bits per heavy atom. The monoisotopic (exact) mass is 233 g/mol. The summed E-state index contributed by atoms with van der Waals surface area (Å²) in [6.07, 6.45) is 4.71. The fraction of sp³-hybridized carbons (Fsp3) is 0.417. The van der Waals surface area contributed by atoms with Crippen molar-refractivity contribution in [3.8, 4) is 5.75 Å². The molecule has 1 fully saturated rings. The van der Waals surface area contributed by atoms with Gasteiger partial charge in [-0.3, -0.25) is 0 Å². The van der Waals surface area contributed by atoms with Crippen LogP contribution in [0.2, 0.25) is 0 Å². The Hall–Kier alpha value is -1.25. The van der Waals surface area contributed by atoms with Crippen molar-refractivity contribution in [3.63, 3.8) is 0 Å². The minimum atomic E-state index is -0.312. The number of rotatable bonds is 2. The molecule has 4 heteroatoms. The molecular formula is C12H11NO2S. The van der Waals surface area contributed by atoms with Crippen molar-refractivity contribution >= 4 is 17.8 Å². The van der Waals surface area contributed by atoms with Crippen molar-refractivity contribution in [1.82, 2.24) is 0 Å². The first kappa shape index (κ1) is 9.94. The maximum Gasteiger partial charge on any atom is 0.235 e. The van der Waals surface area contributed by atoms with Gasteiger partial charge in [0, 0.05) is 0 Å². The van der Waals surface area contributed by atoms with Gasteiger partial charge in [0.25, 0.3) is 0 Å². The lowest BCUT2D eigenvalue weighted by Crippen LogP contribution is -2.31. The number of ether oxygens (including phenoxy) is 1. The Morgan fingerprint density at radius 2 is 2.31 bits per heavy atom. The Kier molecular flexibility index (Phi) is 2.27. The molecule has 3 rings (SSSR count). The van der Waals surface area contributed by atoms with E-state index in [1.165, 1.54) is 4.90 Å². The summed E-state index contributed by atoms with van der Waals surface area (Å²) in [7, 11) is 0. The average Bonchev–Trinajstić information content (AvgIpc) is 2.70. The van der Waals surface area contributed by atoms with Crippen molar-refractivity contribution < 1.29 is 9.53 Å². The van der Waals surface area contributed by atoms with Crippen LogP contribution in [-0.2, 0) is 10.3 Å². The number of hydrogen-bond donors (Lipinski definition) is 0. The van der Waals surface area contributed by atoms with Gasteiger partial charge in [-0.1, -0.05) is 17.8 Å². The van der Waals surface area contributed by atoms with Gasteiger partial charge in [-0.2, -0.15) is 4.99 Å². The number of carbonyl (C=O) groups excluding carboxylic acids is 1. The van der Waals surface area contributed by atoms with E-state index in [1.807, 2.05) is 6.07 Å². The lowest BCUT2D eigenvalue weighted by Gasteiger charge is -2.37. The molecule has 0 bridgehead atoms. The molecule has 3 nitrogen and oxygen atoms in total. The second kappa shape index (κ2) is 3.65. The first-order chi connectivity index (χ1) is 7.84. The van der Waals surface area contributed by atoms with Crippen molar-refractivity contribution in [1.29, 1.82) is 0 Å². The maximum absolute atomic E-state index is 10.5. The predicted molar refractivity (Wildman–Crippen MR) is 61.4 cm³/mol. The summed E-state index contributed by atoms with van der Waals surface area (Å²) in [4.78, 5) is 15.7. The summed E-state index contributed by atoms with van der Waals surface area (Å²) in [5.74, 6) is 1.61. The van der Waals surface area contributed by atoms with Crippen LogP contribution in [0.15, 0.2) is 28.1 Å². The Balaban J connectivity index is 2.03. The third-order valence-electron chi connectivity index (χ3n) is 3.35. The molecule has 0 aromatic heterocycles.